The van der Waals surface area contributed by atoms with Crippen molar-refractivity contribution in [3.05, 3.63) is 28.4 Å². The molecule has 0 amide bonds. The van der Waals surface area contributed by atoms with Crippen molar-refractivity contribution < 1.29 is 15.3 Å². The fourth-order valence-electron chi connectivity index (χ4n) is 1.71. The molecule has 2 atom stereocenters. The molecular weight excluding hydrogens is 288 g/mol. The lowest BCUT2D eigenvalue weighted by atomic mass is 10.0. The maximum absolute atomic E-state index is 9.93. The highest BCUT2D eigenvalue weighted by atomic mass is 79.9. The molecule has 5 nitrogen and oxygen atoms in total. The number of aliphatic hydroxyl groups is 3. The Morgan fingerprint density at radius 3 is 2.82 bits per heavy atom. The van der Waals surface area contributed by atoms with Crippen molar-refractivity contribution in [3.63, 3.8) is 0 Å². The Balaban J connectivity index is 2.35. The molecule has 0 saturated heterocycles. The molecule has 2 rings (SSSR count). The van der Waals surface area contributed by atoms with E-state index in [2.05, 4.69) is 26.1 Å². The minimum Gasteiger partial charge on any atom is -0.396 e. The van der Waals surface area contributed by atoms with E-state index in [0.29, 0.717) is 11.2 Å². The summed E-state index contributed by atoms with van der Waals surface area (Å²) in [5, 5.41) is 35.8. The summed E-state index contributed by atoms with van der Waals surface area (Å²) in [7, 11) is 0. The fraction of sp³-hybridized carbons (Fsp3) is 0.364. The number of benzene rings is 1. The number of aromatic amines is 1. The van der Waals surface area contributed by atoms with Gasteiger partial charge in [0.05, 0.1) is 17.3 Å². The van der Waals surface area contributed by atoms with E-state index in [1.165, 1.54) is 0 Å². The van der Waals surface area contributed by atoms with Crippen LogP contribution in [0.3, 0.4) is 0 Å². The summed E-state index contributed by atoms with van der Waals surface area (Å²) in [5.41, 5.74) is 1.18. The van der Waals surface area contributed by atoms with Crippen LogP contribution >= 0.6 is 15.9 Å². The summed E-state index contributed by atoms with van der Waals surface area (Å²) in [6, 6.07) is 5.47. The minimum atomic E-state index is -1.08. The second-order valence-corrected chi connectivity index (χ2v) is 4.74. The monoisotopic (exact) mass is 300 g/mol. The molecule has 6 heteroatoms. The van der Waals surface area contributed by atoms with Crippen LogP contribution in [0.5, 0.6) is 0 Å². The molecule has 4 N–H and O–H groups in total. The van der Waals surface area contributed by atoms with Gasteiger partial charge in [-0.2, -0.15) is 5.10 Å². The van der Waals surface area contributed by atoms with E-state index < -0.39 is 12.2 Å². The zero-order valence-corrected chi connectivity index (χ0v) is 10.6. The first-order valence-corrected chi connectivity index (χ1v) is 6.03. The quantitative estimate of drug-likeness (QED) is 0.681. The van der Waals surface area contributed by atoms with Crippen molar-refractivity contribution in [1.29, 1.82) is 0 Å². The van der Waals surface area contributed by atoms with E-state index in [4.69, 9.17) is 5.11 Å². The summed E-state index contributed by atoms with van der Waals surface area (Å²) in [4.78, 5) is 0. The van der Waals surface area contributed by atoms with Gasteiger partial charge in [-0.15, -0.1) is 0 Å². The zero-order chi connectivity index (χ0) is 12.4. The van der Waals surface area contributed by atoms with Crippen LogP contribution in [0.4, 0.5) is 0 Å². The molecule has 0 bridgehead atoms. The molecule has 1 aromatic heterocycles. The zero-order valence-electron chi connectivity index (χ0n) is 8.97. The average molecular weight is 301 g/mol. The van der Waals surface area contributed by atoms with E-state index in [0.717, 1.165) is 9.86 Å². The van der Waals surface area contributed by atoms with Gasteiger partial charge in [-0.25, -0.2) is 0 Å². The van der Waals surface area contributed by atoms with Gasteiger partial charge in [0.15, 0.2) is 0 Å². The van der Waals surface area contributed by atoms with Crippen molar-refractivity contribution in [3.8, 4) is 0 Å². The van der Waals surface area contributed by atoms with Crippen LogP contribution in [0.25, 0.3) is 10.9 Å². The Bertz CT molecular complexity index is 514. The first-order valence-electron chi connectivity index (χ1n) is 5.24. The highest BCUT2D eigenvalue weighted by molar-refractivity contribution is 9.10. The standard InChI is InChI=1S/C11H13BrN2O3/c12-6-1-2-7-8(5-6)13-14-10(7)11(17)9(16)3-4-15/h1-2,5,9,11,15-17H,3-4H2,(H,13,14). The third-order valence-corrected chi connectivity index (χ3v) is 3.13. The van der Waals surface area contributed by atoms with Crippen molar-refractivity contribution in [2.75, 3.05) is 6.61 Å². The number of H-pyrrole nitrogens is 1. The molecule has 1 heterocycles. The van der Waals surface area contributed by atoms with Gasteiger partial charge in [0.2, 0.25) is 0 Å². The van der Waals surface area contributed by atoms with Crippen LogP contribution in [0, 0.1) is 0 Å². The molecule has 1 aromatic carbocycles. The minimum absolute atomic E-state index is 0.123. The summed E-state index contributed by atoms with van der Waals surface area (Å²) < 4.78 is 0.897. The number of halogens is 1. The molecule has 0 radical (unpaired) electrons. The summed E-state index contributed by atoms with van der Waals surface area (Å²) >= 11 is 3.33. The van der Waals surface area contributed by atoms with Crippen molar-refractivity contribution in [2.45, 2.75) is 18.6 Å². The maximum Gasteiger partial charge on any atom is 0.122 e. The molecule has 17 heavy (non-hydrogen) atoms. The smallest absolute Gasteiger partial charge is 0.122 e. The van der Waals surface area contributed by atoms with Crippen molar-refractivity contribution >= 4 is 26.8 Å². The number of aliphatic hydroxyl groups excluding tert-OH is 3. The predicted molar refractivity (Wildman–Crippen MR) is 66.5 cm³/mol. The molecule has 0 aliphatic rings. The molecule has 2 unspecified atom stereocenters. The van der Waals surface area contributed by atoms with Gasteiger partial charge in [0.25, 0.3) is 0 Å². The highest BCUT2D eigenvalue weighted by Crippen LogP contribution is 2.26. The van der Waals surface area contributed by atoms with Gasteiger partial charge in [-0.1, -0.05) is 15.9 Å². The van der Waals surface area contributed by atoms with Gasteiger partial charge in [0, 0.05) is 16.5 Å². The van der Waals surface area contributed by atoms with Crippen molar-refractivity contribution in [2.24, 2.45) is 0 Å². The number of hydrogen-bond donors (Lipinski definition) is 4. The van der Waals surface area contributed by atoms with Crippen LogP contribution in [0.1, 0.15) is 18.2 Å². The lowest BCUT2D eigenvalue weighted by Crippen LogP contribution is -2.20. The van der Waals surface area contributed by atoms with Crippen LogP contribution in [-0.2, 0) is 0 Å². The third kappa shape index (κ3) is 2.50. The lowest BCUT2D eigenvalue weighted by Gasteiger charge is -2.15. The number of aromatic nitrogens is 2. The Kier molecular flexibility index (Phi) is 3.78. The van der Waals surface area contributed by atoms with Gasteiger partial charge in [-0.3, -0.25) is 5.10 Å². The average Bonchev–Trinajstić information content (AvgIpc) is 2.71. The highest BCUT2D eigenvalue weighted by Gasteiger charge is 2.21. The molecule has 0 aliphatic heterocycles. The molecule has 0 spiro atoms. The van der Waals surface area contributed by atoms with Crippen LogP contribution in [0.2, 0.25) is 0 Å². The molecule has 0 aliphatic carbocycles. The van der Waals surface area contributed by atoms with E-state index in [1.54, 1.807) is 0 Å². The van der Waals surface area contributed by atoms with Crippen LogP contribution in [-0.4, -0.2) is 38.2 Å². The second-order valence-electron chi connectivity index (χ2n) is 3.82. The number of nitrogens with one attached hydrogen (secondary N) is 1. The molecule has 2 aromatic rings. The van der Waals surface area contributed by atoms with Gasteiger partial charge in [0.1, 0.15) is 6.10 Å². The SMILES string of the molecule is OCCC(O)C(O)c1[nH]nc2cc(Br)ccc12. The van der Waals surface area contributed by atoms with E-state index in [-0.39, 0.29) is 13.0 Å². The summed E-state index contributed by atoms with van der Waals surface area (Å²) in [6.07, 6.45) is -1.96. The first kappa shape index (κ1) is 12.5. The van der Waals surface area contributed by atoms with E-state index in [9.17, 15) is 10.2 Å². The normalized spacial score (nSPS) is 15.1. The van der Waals surface area contributed by atoms with Gasteiger partial charge >= 0.3 is 0 Å². The van der Waals surface area contributed by atoms with Gasteiger partial charge < -0.3 is 15.3 Å². The Morgan fingerprint density at radius 1 is 1.35 bits per heavy atom. The molecule has 92 valence electrons. The third-order valence-electron chi connectivity index (χ3n) is 2.63. The number of hydrogen-bond acceptors (Lipinski definition) is 4. The molecule has 0 saturated carbocycles. The predicted octanol–water partition coefficient (Wildman–Crippen LogP) is 1.10. The maximum atomic E-state index is 9.93. The van der Waals surface area contributed by atoms with E-state index in [1.807, 2.05) is 18.2 Å². The Labute approximate surface area is 106 Å². The topological polar surface area (TPSA) is 89.4 Å². The fourth-order valence-corrected chi connectivity index (χ4v) is 2.06. The molecule has 0 fully saturated rings. The lowest BCUT2D eigenvalue weighted by molar-refractivity contribution is 0.00264. The first-order chi connectivity index (χ1) is 8.13. The van der Waals surface area contributed by atoms with E-state index >= 15 is 0 Å². The largest absolute Gasteiger partial charge is 0.396 e. The molecular formula is C11H13BrN2O3. The summed E-state index contributed by atoms with van der Waals surface area (Å²) in [5.74, 6) is 0. The number of rotatable bonds is 4. The van der Waals surface area contributed by atoms with Gasteiger partial charge in [-0.05, 0) is 24.6 Å². The Morgan fingerprint density at radius 2 is 2.12 bits per heavy atom. The number of fused-ring (bicyclic) bond motifs is 1. The second kappa shape index (κ2) is 5.14. The van der Waals surface area contributed by atoms with Crippen LogP contribution < -0.4 is 0 Å². The number of nitrogens with zero attached hydrogens (tertiary/aromatic N) is 1. The van der Waals surface area contributed by atoms with Crippen molar-refractivity contribution in [1.82, 2.24) is 10.2 Å². The summed E-state index contributed by atoms with van der Waals surface area (Å²) in [6.45, 7) is -0.171. The Hall–Kier alpha value is -0.950. The van der Waals surface area contributed by atoms with Crippen LogP contribution in [0.15, 0.2) is 22.7 Å².